The molecule has 0 saturated heterocycles. The van der Waals surface area contributed by atoms with Crippen LogP contribution in [0.15, 0.2) is 6.07 Å². The second-order valence-corrected chi connectivity index (χ2v) is 2.93. The van der Waals surface area contributed by atoms with Gasteiger partial charge in [0.05, 0.1) is 12.2 Å². The summed E-state index contributed by atoms with van der Waals surface area (Å²) >= 11 is 0. The van der Waals surface area contributed by atoms with E-state index in [4.69, 9.17) is 5.26 Å². The number of hydrogen-bond acceptors (Lipinski definition) is 5. The zero-order valence-electron chi connectivity index (χ0n) is 8.78. The number of aromatic nitrogens is 1. The van der Waals surface area contributed by atoms with E-state index in [1.807, 2.05) is 0 Å². The molecule has 1 N–H and O–H groups in total. The van der Waals surface area contributed by atoms with Gasteiger partial charge >= 0.3 is 5.97 Å². The minimum atomic E-state index is -2.96. The van der Waals surface area contributed by atoms with Gasteiger partial charge in [0.1, 0.15) is 11.8 Å². The highest BCUT2D eigenvalue weighted by atomic mass is 19.3. The fourth-order valence-corrected chi connectivity index (χ4v) is 1.12. The minimum absolute atomic E-state index is 0.0401. The molecule has 0 atom stereocenters. The molecule has 1 rings (SSSR count). The second-order valence-electron chi connectivity index (χ2n) is 2.93. The van der Waals surface area contributed by atoms with Gasteiger partial charge in [-0.05, 0) is 13.0 Å². The zero-order chi connectivity index (χ0) is 13.0. The van der Waals surface area contributed by atoms with Gasteiger partial charge in [-0.2, -0.15) is 5.26 Å². The fraction of sp³-hybridized carbons (Fsp3) is 0.300. The normalized spacial score (nSPS) is 10.1. The van der Waals surface area contributed by atoms with Gasteiger partial charge < -0.3 is 9.84 Å². The van der Waals surface area contributed by atoms with Crippen molar-refractivity contribution >= 4 is 5.97 Å². The Bertz CT molecular complexity index is 483. The quantitative estimate of drug-likeness (QED) is 0.816. The predicted octanol–water partition coefficient (Wildman–Crippen LogP) is 1.77. The van der Waals surface area contributed by atoms with Crippen molar-refractivity contribution in [1.29, 1.82) is 5.26 Å². The van der Waals surface area contributed by atoms with Gasteiger partial charge in [-0.1, -0.05) is 0 Å². The molecule has 0 fully saturated rings. The van der Waals surface area contributed by atoms with Gasteiger partial charge in [-0.3, -0.25) is 0 Å². The molecule has 0 aliphatic carbocycles. The maximum atomic E-state index is 12.5. The lowest BCUT2D eigenvalue weighted by molar-refractivity contribution is 0.0515. The molecule has 90 valence electrons. The molecule has 5 nitrogen and oxygen atoms in total. The van der Waals surface area contributed by atoms with Crippen molar-refractivity contribution in [2.45, 2.75) is 13.3 Å². The summed E-state index contributed by atoms with van der Waals surface area (Å²) in [7, 11) is 0. The third-order valence-corrected chi connectivity index (χ3v) is 1.84. The molecular formula is C10H8F2N2O3. The SMILES string of the molecule is CCOC(=O)c1nc(C#N)c(C(F)F)cc1O. The Kier molecular flexibility index (Phi) is 3.93. The molecule has 1 aromatic heterocycles. The number of rotatable bonds is 3. The zero-order valence-corrected chi connectivity index (χ0v) is 8.78. The van der Waals surface area contributed by atoms with Crippen LogP contribution < -0.4 is 0 Å². The highest BCUT2D eigenvalue weighted by Gasteiger charge is 2.22. The molecule has 0 aliphatic rings. The summed E-state index contributed by atoms with van der Waals surface area (Å²) in [6.45, 7) is 1.58. The molecule has 0 aliphatic heterocycles. The lowest BCUT2D eigenvalue weighted by Gasteiger charge is -2.07. The maximum Gasteiger partial charge on any atom is 0.360 e. The van der Waals surface area contributed by atoms with Gasteiger partial charge in [0.2, 0.25) is 0 Å². The summed E-state index contributed by atoms with van der Waals surface area (Å²) in [5.41, 5.74) is -1.88. The monoisotopic (exact) mass is 242 g/mol. The van der Waals surface area contributed by atoms with E-state index < -0.39 is 35.1 Å². The van der Waals surface area contributed by atoms with Gasteiger partial charge in [-0.15, -0.1) is 0 Å². The topological polar surface area (TPSA) is 83.2 Å². The van der Waals surface area contributed by atoms with Crippen LogP contribution in [0.25, 0.3) is 0 Å². The lowest BCUT2D eigenvalue weighted by atomic mass is 10.1. The molecule has 1 aromatic rings. The Morgan fingerprint density at radius 2 is 2.35 bits per heavy atom. The summed E-state index contributed by atoms with van der Waals surface area (Å²) in [5, 5.41) is 18.0. The van der Waals surface area contributed by atoms with E-state index in [0.717, 1.165) is 0 Å². The molecule has 0 radical (unpaired) electrons. The molecule has 7 heteroatoms. The first kappa shape index (κ1) is 12.8. The number of ether oxygens (including phenoxy) is 1. The molecule has 0 amide bonds. The van der Waals surface area contributed by atoms with Gasteiger partial charge in [0.15, 0.2) is 11.4 Å². The summed E-state index contributed by atoms with van der Waals surface area (Å²) < 4.78 is 29.5. The Balaban J connectivity index is 3.28. The van der Waals surface area contributed by atoms with E-state index >= 15 is 0 Å². The number of carbonyl (C=O) groups excluding carboxylic acids is 1. The fourth-order valence-electron chi connectivity index (χ4n) is 1.12. The molecule has 0 aromatic carbocycles. The molecule has 0 bridgehead atoms. The maximum absolute atomic E-state index is 12.5. The molecule has 17 heavy (non-hydrogen) atoms. The first-order valence-corrected chi connectivity index (χ1v) is 4.60. The van der Waals surface area contributed by atoms with Crippen molar-refractivity contribution in [2.75, 3.05) is 6.61 Å². The third-order valence-electron chi connectivity index (χ3n) is 1.84. The van der Waals surface area contributed by atoms with Crippen LogP contribution in [0.5, 0.6) is 5.75 Å². The van der Waals surface area contributed by atoms with Crippen molar-refractivity contribution in [3.05, 3.63) is 23.0 Å². The van der Waals surface area contributed by atoms with Crippen LogP contribution in [0.1, 0.15) is 35.1 Å². The first-order valence-electron chi connectivity index (χ1n) is 4.60. The van der Waals surface area contributed by atoms with E-state index in [9.17, 15) is 18.7 Å². The number of carbonyl (C=O) groups is 1. The predicted molar refractivity (Wildman–Crippen MR) is 51.5 cm³/mol. The number of nitrogens with zero attached hydrogens (tertiary/aromatic N) is 2. The molecule has 0 unspecified atom stereocenters. The Hall–Kier alpha value is -2.23. The summed E-state index contributed by atoms with van der Waals surface area (Å²) in [5.74, 6) is -1.71. The average Bonchev–Trinajstić information content (AvgIpc) is 2.28. The highest BCUT2D eigenvalue weighted by molar-refractivity contribution is 5.90. The summed E-state index contributed by atoms with van der Waals surface area (Å²) in [6.07, 6.45) is -2.96. The van der Waals surface area contributed by atoms with E-state index in [2.05, 4.69) is 9.72 Å². The number of aromatic hydroxyl groups is 1. The van der Waals surface area contributed by atoms with Crippen molar-refractivity contribution < 1.29 is 23.4 Å². The van der Waals surface area contributed by atoms with Crippen molar-refractivity contribution in [1.82, 2.24) is 4.98 Å². The number of pyridine rings is 1. The van der Waals surface area contributed by atoms with E-state index in [1.165, 1.54) is 13.0 Å². The third kappa shape index (κ3) is 2.66. The number of hydrogen-bond donors (Lipinski definition) is 1. The van der Waals surface area contributed by atoms with E-state index in [-0.39, 0.29) is 6.61 Å². The van der Waals surface area contributed by atoms with Crippen LogP contribution >= 0.6 is 0 Å². The van der Waals surface area contributed by atoms with Gasteiger partial charge in [0, 0.05) is 0 Å². The van der Waals surface area contributed by atoms with Crippen LogP contribution in [-0.4, -0.2) is 22.7 Å². The van der Waals surface area contributed by atoms with Gasteiger partial charge in [-0.25, -0.2) is 18.6 Å². The number of halogens is 2. The van der Waals surface area contributed by atoms with E-state index in [1.54, 1.807) is 0 Å². The van der Waals surface area contributed by atoms with Crippen molar-refractivity contribution in [3.63, 3.8) is 0 Å². The van der Waals surface area contributed by atoms with Crippen LogP contribution in [-0.2, 0) is 4.74 Å². The van der Waals surface area contributed by atoms with E-state index in [0.29, 0.717) is 6.07 Å². The van der Waals surface area contributed by atoms with Crippen LogP contribution in [0, 0.1) is 11.3 Å². The van der Waals surface area contributed by atoms with Gasteiger partial charge in [0.25, 0.3) is 6.43 Å². The Labute approximate surface area is 95.3 Å². The molecular weight excluding hydrogens is 234 g/mol. The standard InChI is InChI=1S/C10H8F2N2O3/c1-2-17-10(16)8-7(15)3-5(9(11)12)6(4-13)14-8/h3,9,15H,2H2,1H3. The van der Waals surface area contributed by atoms with Crippen molar-refractivity contribution in [3.8, 4) is 11.8 Å². The Morgan fingerprint density at radius 3 is 2.82 bits per heavy atom. The number of alkyl halides is 2. The number of esters is 1. The Morgan fingerprint density at radius 1 is 1.71 bits per heavy atom. The average molecular weight is 242 g/mol. The molecule has 0 saturated carbocycles. The summed E-state index contributed by atoms with van der Waals surface area (Å²) in [4.78, 5) is 14.6. The first-order chi connectivity index (χ1) is 8.01. The van der Waals surface area contributed by atoms with Crippen LogP contribution in [0.4, 0.5) is 8.78 Å². The molecule has 1 heterocycles. The van der Waals surface area contributed by atoms with Crippen LogP contribution in [0.3, 0.4) is 0 Å². The van der Waals surface area contributed by atoms with Crippen molar-refractivity contribution in [2.24, 2.45) is 0 Å². The smallest absolute Gasteiger partial charge is 0.360 e. The largest absolute Gasteiger partial charge is 0.505 e. The number of nitriles is 1. The minimum Gasteiger partial charge on any atom is -0.505 e. The highest BCUT2D eigenvalue weighted by Crippen LogP contribution is 2.27. The van der Waals surface area contributed by atoms with Crippen LogP contribution in [0.2, 0.25) is 0 Å². The summed E-state index contributed by atoms with van der Waals surface area (Å²) in [6, 6.07) is 2.07. The second kappa shape index (κ2) is 5.21. The molecule has 0 spiro atoms. The lowest BCUT2D eigenvalue weighted by Crippen LogP contribution is -2.10.